The lowest BCUT2D eigenvalue weighted by Gasteiger charge is -2.22. The van der Waals surface area contributed by atoms with Crippen LogP contribution < -0.4 is 0 Å². The van der Waals surface area contributed by atoms with Crippen molar-refractivity contribution in [3.05, 3.63) is 151 Å². The maximum atomic E-state index is 6.60. The summed E-state index contributed by atoms with van der Waals surface area (Å²) in [6, 6.07) is 48.9. The Morgan fingerprint density at radius 3 is 1.94 bits per heavy atom. The van der Waals surface area contributed by atoms with Gasteiger partial charge >= 0.3 is 0 Å². The Hall–Kier alpha value is -6.00. The number of furan rings is 1. The molecule has 222 valence electrons. The van der Waals surface area contributed by atoms with Gasteiger partial charge in [0.25, 0.3) is 0 Å². The Morgan fingerprint density at radius 1 is 0.574 bits per heavy atom. The maximum Gasteiger partial charge on any atom is 0.235 e. The molecule has 0 unspecified atom stereocenters. The van der Waals surface area contributed by atoms with E-state index in [2.05, 4.69) is 140 Å². The van der Waals surface area contributed by atoms with Crippen LogP contribution in [0.4, 0.5) is 0 Å². The summed E-state index contributed by atoms with van der Waals surface area (Å²) in [5.74, 6) is 0.657. The first-order valence-corrected chi connectivity index (χ1v) is 16.1. The largest absolute Gasteiger partial charge is 0.455 e. The zero-order valence-electron chi connectivity index (χ0n) is 26.0. The molecule has 10 rings (SSSR count). The molecule has 9 aromatic rings. The Bertz CT molecular complexity index is 2640. The molecular formula is C43H29N3O. The lowest BCUT2D eigenvalue weighted by atomic mass is 9.80. The van der Waals surface area contributed by atoms with E-state index in [0.29, 0.717) is 5.95 Å². The SMILES string of the molecule is CC1(C)c2ccc3c(oc4ccccc43)c2-c2ccc3c(c21)c1ccccc1n3-c1nc(-c2ccccc2)cc(-c2ccccc2)n1. The van der Waals surface area contributed by atoms with Crippen molar-refractivity contribution in [2.75, 3.05) is 0 Å². The van der Waals surface area contributed by atoms with Gasteiger partial charge in [-0.1, -0.05) is 129 Å². The van der Waals surface area contributed by atoms with Crippen LogP contribution >= 0.6 is 0 Å². The molecule has 0 atom stereocenters. The number of benzene rings is 6. The van der Waals surface area contributed by atoms with Gasteiger partial charge in [0.2, 0.25) is 5.95 Å². The zero-order chi connectivity index (χ0) is 31.3. The third kappa shape index (κ3) is 3.64. The van der Waals surface area contributed by atoms with Gasteiger partial charge in [0, 0.05) is 43.7 Å². The van der Waals surface area contributed by atoms with Crippen molar-refractivity contribution in [3.8, 4) is 39.6 Å². The predicted octanol–water partition coefficient (Wildman–Crippen LogP) is 11.1. The van der Waals surface area contributed by atoms with Crippen LogP contribution in [0.25, 0.3) is 83.3 Å². The van der Waals surface area contributed by atoms with Gasteiger partial charge in [-0.15, -0.1) is 0 Å². The van der Waals surface area contributed by atoms with Crippen molar-refractivity contribution in [2.45, 2.75) is 19.3 Å². The third-order valence-electron chi connectivity index (χ3n) is 10.0. The number of aromatic nitrogens is 3. The van der Waals surface area contributed by atoms with Crippen LogP contribution in [0.3, 0.4) is 0 Å². The van der Waals surface area contributed by atoms with Gasteiger partial charge in [0.1, 0.15) is 11.2 Å². The van der Waals surface area contributed by atoms with Crippen molar-refractivity contribution >= 4 is 43.7 Å². The highest BCUT2D eigenvalue weighted by Gasteiger charge is 2.40. The fraction of sp³-hybridized carbons (Fsp3) is 0.0698. The number of nitrogens with zero attached hydrogens (tertiary/aromatic N) is 3. The molecule has 4 nitrogen and oxygen atoms in total. The van der Waals surface area contributed by atoms with Crippen molar-refractivity contribution in [1.82, 2.24) is 14.5 Å². The lowest BCUT2D eigenvalue weighted by molar-refractivity contribution is 0.657. The lowest BCUT2D eigenvalue weighted by Crippen LogP contribution is -2.15. The van der Waals surface area contributed by atoms with Crippen LogP contribution in [0, 0.1) is 0 Å². The first kappa shape index (κ1) is 26.2. The van der Waals surface area contributed by atoms with E-state index in [-0.39, 0.29) is 5.41 Å². The molecule has 0 N–H and O–H groups in total. The molecular weight excluding hydrogens is 574 g/mol. The van der Waals surface area contributed by atoms with E-state index in [9.17, 15) is 0 Å². The van der Waals surface area contributed by atoms with Gasteiger partial charge in [-0.3, -0.25) is 4.57 Å². The minimum absolute atomic E-state index is 0.256. The second-order valence-electron chi connectivity index (χ2n) is 13.0. The fourth-order valence-corrected chi connectivity index (χ4v) is 7.89. The maximum absolute atomic E-state index is 6.60. The molecule has 0 saturated heterocycles. The Balaban J connectivity index is 1.30. The first-order chi connectivity index (χ1) is 23.1. The topological polar surface area (TPSA) is 43.9 Å². The normalized spacial score (nSPS) is 13.5. The van der Waals surface area contributed by atoms with E-state index in [1.165, 1.54) is 33.0 Å². The molecule has 0 spiro atoms. The van der Waals surface area contributed by atoms with Crippen molar-refractivity contribution in [2.24, 2.45) is 0 Å². The van der Waals surface area contributed by atoms with Crippen molar-refractivity contribution < 1.29 is 4.42 Å². The third-order valence-corrected chi connectivity index (χ3v) is 10.0. The second-order valence-corrected chi connectivity index (χ2v) is 13.0. The molecule has 0 aliphatic heterocycles. The van der Waals surface area contributed by atoms with E-state index in [0.717, 1.165) is 55.5 Å². The number of para-hydroxylation sites is 2. The molecule has 1 aliphatic carbocycles. The van der Waals surface area contributed by atoms with E-state index in [1.807, 2.05) is 18.2 Å². The average Bonchev–Trinajstić information content (AvgIpc) is 3.74. The van der Waals surface area contributed by atoms with Crippen LogP contribution in [0.2, 0.25) is 0 Å². The van der Waals surface area contributed by atoms with Gasteiger partial charge in [-0.05, 0) is 41.0 Å². The molecule has 4 heteroatoms. The first-order valence-electron chi connectivity index (χ1n) is 16.1. The van der Waals surface area contributed by atoms with Crippen molar-refractivity contribution in [1.29, 1.82) is 0 Å². The zero-order valence-corrected chi connectivity index (χ0v) is 26.0. The summed E-state index contributed by atoms with van der Waals surface area (Å²) in [7, 11) is 0. The van der Waals surface area contributed by atoms with Crippen LogP contribution in [-0.2, 0) is 5.41 Å². The van der Waals surface area contributed by atoms with Crippen LogP contribution in [-0.4, -0.2) is 14.5 Å². The fourth-order valence-electron chi connectivity index (χ4n) is 7.89. The number of hydrogen-bond acceptors (Lipinski definition) is 3. The summed E-state index contributed by atoms with van der Waals surface area (Å²) in [5, 5.41) is 4.73. The molecule has 0 radical (unpaired) electrons. The molecule has 0 amide bonds. The standard InChI is InChI=1S/C43H29N3O/c1-43(2)32-23-21-29-28-17-10-12-20-37(28)47-41(29)38(32)31-22-24-36-39(40(31)43)30-18-9-11-19-35(30)46(36)42-44-33(26-13-5-3-6-14-26)25-34(45-42)27-15-7-4-8-16-27/h3-25H,1-2H3. The van der Waals surface area contributed by atoms with Crippen molar-refractivity contribution in [3.63, 3.8) is 0 Å². The van der Waals surface area contributed by atoms with Gasteiger partial charge in [0.15, 0.2) is 0 Å². The monoisotopic (exact) mass is 603 g/mol. The molecule has 3 aromatic heterocycles. The highest BCUT2D eigenvalue weighted by atomic mass is 16.3. The Morgan fingerprint density at radius 2 is 1.21 bits per heavy atom. The summed E-state index contributed by atoms with van der Waals surface area (Å²) in [4.78, 5) is 10.5. The number of fused-ring (bicyclic) bond motifs is 11. The molecule has 6 aromatic carbocycles. The average molecular weight is 604 g/mol. The summed E-state index contributed by atoms with van der Waals surface area (Å²) in [5.41, 5.74) is 12.7. The van der Waals surface area contributed by atoms with Gasteiger partial charge in [0.05, 0.1) is 22.4 Å². The van der Waals surface area contributed by atoms with E-state index >= 15 is 0 Å². The van der Waals surface area contributed by atoms with Crippen LogP contribution in [0.15, 0.2) is 144 Å². The van der Waals surface area contributed by atoms with E-state index < -0.39 is 0 Å². The molecule has 3 heterocycles. The summed E-state index contributed by atoms with van der Waals surface area (Å²) in [6.45, 7) is 4.69. The van der Waals surface area contributed by atoms with Gasteiger partial charge in [-0.25, -0.2) is 9.97 Å². The van der Waals surface area contributed by atoms with Crippen LogP contribution in [0.1, 0.15) is 25.0 Å². The molecule has 0 bridgehead atoms. The van der Waals surface area contributed by atoms with Crippen LogP contribution in [0.5, 0.6) is 0 Å². The Labute approximate surface area is 271 Å². The number of rotatable bonds is 3. The highest BCUT2D eigenvalue weighted by Crippen LogP contribution is 2.56. The summed E-state index contributed by atoms with van der Waals surface area (Å²) in [6.07, 6.45) is 0. The molecule has 1 aliphatic rings. The van der Waals surface area contributed by atoms with E-state index in [1.54, 1.807) is 0 Å². The van der Waals surface area contributed by atoms with Gasteiger partial charge in [-0.2, -0.15) is 0 Å². The Kier molecular flexibility index (Phi) is 5.31. The molecule has 47 heavy (non-hydrogen) atoms. The quantitative estimate of drug-likeness (QED) is 0.202. The number of hydrogen-bond donors (Lipinski definition) is 0. The summed E-state index contributed by atoms with van der Waals surface area (Å²) < 4.78 is 8.85. The molecule has 0 fully saturated rings. The van der Waals surface area contributed by atoms with Gasteiger partial charge < -0.3 is 4.42 Å². The second kappa shape index (κ2) is 9.51. The summed E-state index contributed by atoms with van der Waals surface area (Å²) >= 11 is 0. The molecule has 0 saturated carbocycles. The minimum Gasteiger partial charge on any atom is -0.455 e. The highest BCUT2D eigenvalue weighted by molar-refractivity contribution is 6.17. The van der Waals surface area contributed by atoms with E-state index in [4.69, 9.17) is 14.4 Å². The minimum atomic E-state index is -0.256. The smallest absolute Gasteiger partial charge is 0.235 e. The predicted molar refractivity (Wildman–Crippen MR) is 192 cm³/mol.